The van der Waals surface area contributed by atoms with E-state index in [1.54, 1.807) is 7.11 Å². The summed E-state index contributed by atoms with van der Waals surface area (Å²) >= 11 is 5.28. The van der Waals surface area contributed by atoms with E-state index in [2.05, 4.69) is 64.5 Å². The van der Waals surface area contributed by atoms with E-state index >= 15 is 0 Å². The van der Waals surface area contributed by atoms with Gasteiger partial charge >= 0.3 is 0 Å². The van der Waals surface area contributed by atoms with Crippen molar-refractivity contribution < 1.29 is 9.47 Å². The monoisotopic (exact) mass is 416 g/mol. The lowest BCUT2D eigenvalue weighted by Crippen LogP contribution is -1.98. The van der Waals surface area contributed by atoms with Gasteiger partial charge in [-0.25, -0.2) is 0 Å². The first-order valence-corrected chi connectivity index (χ1v) is 10.4. The largest absolute Gasteiger partial charge is 0.497 e. The number of rotatable bonds is 8. The summed E-state index contributed by atoms with van der Waals surface area (Å²) in [6, 6.07) is 21.0. The van der Waals surface area contributed by atoms with Gasteiger partial charge in [0.15, 0.2) is 0 Å². The summed E-state index contributed by atoms with van der Waals surface area (Å²) in [6.07, 6.45) is 0.998. The molecule has 0 saturated carbocycles. The van der Waals surface area contributed by atoms with Gasteiger partial charge in [-0.15, -0.1) is 11.8 Å². The fourth-order valence-electron chi connectivity index (χ4n) is 2.58. The van der Waals surface area contributed by atoms with Crippen LogP contribution in [0, 0.1) is 0 Å². The number of ether oxygens (including phenoxy) is 2. The van der Waals surface area contributed by atoms with Crippen LogP contribution in [0.3, 0.4) is 0 Å². The molecule has 0 radical (unpaired) electrons. The van der Waals surface area contributed by atoms with Crippen molar-refractivity contribution in [1.29, 1.82) is 0 Å². The molecule has 3 rings (SSSR count). The number of hydrogen-bond donors (Lipinski definition) is 0. The zero-order valence-corrected chi connectivity index (χ0v) is 16.6. The van der Waals surface area contributed by atoms with Crippen molar-refractivity contribution >= 4 is 38.5 Å². The number of thioether (sulfide) groups is 1. The van der Waals surface area contributed by atoms with Crippen LogP contribution < -0.4 is 9.47 Å². The molecule has 0 atom stereocenters. The summed E-state index contributed by atoms with van der Waals surface area (Å²) in [6.45, 7) is 0.724. The van der Waals surface area contributed by atoms with Crippen LogP contribution in [-0.2, 0) is 5.75 Å². The molecule has 0 spiro atoms. The maximum Gasteiger partial charge on any atom is 0.128 e. The number of alkyl halides is 1. The van der Waals surface area contributed by atoms with E-state index in [1.165, 1.54) is 21.2 Å². The Hall–Kier alpha value is -1.65. The van der Waals surface area contributed by atoms with Gasteiger partial charge in [0, 0.05) is 21.4 Å². The van der Waals surface area contributed by atoms with Crippen molar-refractivity contribution in [1.82, 2.24) is 0 Å². The Labute approximate surface area is 161 Å². The SMILES string of the molecule is COc1ccc(CSc2cc(OCCCBr)c3ccccc3c2)cc1. The number of hydrogen-bond acceptors (Lipinski definition) is 3. The van der Waals surface area contributed by atoms with Gasteiger partial charge in [-0.05, 0) is 41.6 Å². The van der Waals surface area contributed by atoms with Crippen molar-refractivity contribution in [3.63, 3.8) is 0 Å². The van der Waals surface area contributed by atoms with Crippen LogP contribution in [0.1, 0.15) is 12.0 Å². The molecule has 3 aromatic carbocycles. The molecular formula is C21H21BrO2S. The predicted octanol–water partition coefficient (Wildman–Crippen LogP) is 6.30. The van der Waals surface area contributed by atoms with E-state index in [-0.39, 0.29) is 0 Å². The van der Waals surface area contributed by atoms with E-state index in [4.69, 9.17) is 9.47 Å². The van der Waals surface area contributed by atoms with Crippen LogP contribution in [0.5, 0.6) is 11.5 Å². The standard InChI is InChI=1S/C21H21BrO2S/c1-23-18-9-7-16(8-10-18)15-25-19-13-17-5-2-3-6-20(17)21(14-19)24-12-4-11-22/h2-3,5-10,13-14H,4,11-12,15H2,1H3. The summed E-state index contributed by atoms with van der Waals surface area (Å²) in [5.41, 5.74) is 1.28. The maximum absolute atomic E-state index is 6.02. The van der Waals surface area contributed by atoms with Gasteiger partial charge in [-0.3, -0.25) is 0 Å². The van der Waals surface area contributed by atoms with Gasteiger partial charge in [-0.2, -0.15) is 0 Å². The van der Waals surface area contributed by atoms with Crippen LogP contribution in [0.4, 0.5) is 0 Å². The molecular weight excluding hydrogens is 396 g/mol. The lowest BCUT2D eigenvalue weighted by Gasteiger charge is -2.12. The minimum atomic E-state index is 0.724. The summed E-state index contributed by atoms with van der Waals surface area (Å²) in [7, 11) is 1.69. The fourth-order valence-corrected chi connectivity index (χ4v) is 3.73. The molecule has 0 saturated heterocycles. The van der Waals surface area contributed by atoms with Gasteiger partial charge in [0.25, 0.3) is 0 Å². The number of benzene rings is 3. The Balaban J connectivity index is 1.77. The van der Waals surface area contributed by atoms with Crippen LogP contribution >= 0.6 is 27.7 Å². The summed E-state index contributed by atoms with van der Waals surface area (Å²) in [5.74, 6) is 2.78. The molecule has 0 aliphatic rings. The van der Waals surface area contributed by atoms with Crippen LogP contribution in [0.25, 0.3) is 10.8 Å². The van der Waals surface area contributed by atoms with Gasteiger partial charge in [-0.1, -0.05) is 52.3 Å². The van der Waals surface area contributed by atoms with Gasteiger partial charge in [0.05, 0.1) is 13.7 Å². The van der Waals surface area contributed by atoms with E-state index in [9.17, 15) is 0 Å². The van der Waals surface area contributed by atoms with E-state index in [1.807, 2.05) is 23.9 Å². The minimum Gasteiger partial charge on any atom is -0.497 e. The molecule has 0 heterocycles. The third-order valence-corrected chi connectivity index (χ3v) is 5.50. The van der Waals surface area contributed by atoms with E-state index in [0.29, 0.717) is 0 Å². The summed E-state index contributed by atoms with van der Waals surface area (Å²) in [5, 5.41) is 3.35. The summed E-state index contributed by atoms with van der Waals surface area (Å²) in [4.78, 5) is 1.23. The molecule has 25 heavy (non-hydrogen) atoms. The quantitative estimate of drug-likeness (QED) is 0.243. The highest BCUT2D eigenvalue weighted by Crippen LogP contribution is 2.33. The smallest absolute Gasteiger partial charge is 0.128 e. The highest BCUT2D eigenvalue weighted by atomic mass is 79.9. The Morgan fingerprint density at radius 3 is 2.56 bits per heavy atom. The van der Waals surface area contributed by atoms with E-state index in [0.717, 1.165) is 35.6 Å². The lowest BCUT2D eigenvalue weighted by atomic mass is 10.1. The molecule has 2 nitrogen and oxygen atoms in total. The van der Waals surface area contributed by atoms with Crippen molar-refractivity contribution in [2.24, 2.45) is 0 Å². The van der Waals surface area contributed by atoms with Crippen molar-refractivity contribution in [2.45, 2.75) is 17.1 Å². The molecule has 0 fully saturated rings. The Kier molecular flexibility index (Phi) is 6.65. The van der Waals surface area contributed by atoms with Crippen molar-refractivity contribution in [3.05, 3.63) is 66.2 Å². The first kappa shape index (κ1) is 18.2. The second-order valence-electron chi connectivity index (χ2n) is 5.67. The van der Waals surface area contributed by atoms with Crippen LogP contribution in [-0.4, -0.2) is 19.0 Å². The van der Waals surface area contributed by atoms with Gasteiger partial charge < -0.3 is 9.47 Å². The highest BCUT2D eigenvalue weighted by molar-refractivity contribution is 9.09. The zero-order chi connectivity index (χ0) is 17.5. The molecule has 0 N–H and O–H groups in total. The highest BCUT2D eigenvalue weighted by Gasteiger charge is 2.06. The molecule has 130 valence electrons. The third-order valence-electron chi connectivity index (χ3n) is 3.90. The Morgan fingerprint density at radius 1 is 1.00 bits per heavy atom. The Morgan fingerprint density at radius 2 is 1.80 bits per heavy atom. The fraction of sp³-hybridized carbons (Fsp3) is 0.238. The molecule has 0 amide bonds. The van der Waals surface area contributed by atoms with Gasteiger partial charge in [0.1, 0.15) is 11.5 Å². The first-order chi connectivity index (χ1) is 12.3. The van der Waals surface area contributed by atoms with Crippen LogP contribution in [0.2, 0.25) is 0 Å². The van der Waals surface area contributed by atoms with E-state index < -0.39 is 0 Å². The third kappa shape index (κ3) is 4.93. The molecule has 0 bridgehead atoms. The second-order valence-corrected chi connectivity index (χ2v) is 7.51. The minimum absolute atomic E-state index is 0.724. The maximum atomic E-state index is 6.02. The average Bonchev–Trinajstić information content (AvgIpc) is 2.67. The topological polar surface area (TPSA) is 18.5 Å². The molecule has 0 unspecified atom stereocenters. The molecule has 3 aromatic rings. The van der Waals surface area contributed by atoms with Crippen molar-refractivity contribution in [2.75, 3.05) is 19.0 Å². The average molecular weight is 417 g/mol. The number of fused-ring (bicyclic) bond motifs is 1. The first-order valence-electron chi connectivity index (χ1n) is 8.27. The van der Waals surface area contributed by atoms with Crippen LogP contribution in [0.15, 0.2) is 65.6 Å². The number of halogens is 1. The molecule has 0 aromatic heterocycles. The molecule has 0 aliphatic heterocycles. The number of methoxy groups -OCH3 is 1. The second kappa shape index (κ2) is 9.16. The summed E-state index contributed by atoms with van der Waals surface area (Å²) < 4.78 is 11.2. The molecule has 0 aliphatic carbocycles. The van der Waals surface area contributed by atoms with Crippen molar-refractivity contribution in [3.8, 4) is 11.5 Å². The van der Waals surface area contributed by atoms with Gasteiger partial charge in [0.2, 0.25) is 0 Å². The molecule has 4 heteroatoms. The predicted molar refractivity (Wildman–Crippen MR) is 110 cm³/mol. The normalized spacial score (nSPS) is 10.8. The Bertz CT molecular complexity index is 818. The lowest BCUT2D eigenvalue weighted by molar-refractivity contribution is 0.322. The zero-order valence-electron chi connectivity index (χ0n) is 14.2.